The van der Waals surface area contributed by atoms with E-state index in [9.17, 15) is 0 Å². The number of amidine groups is 1. The van der Waals surface area contributed by atoms with Gasteiger partial charge in [0.05, 0.1) is 23.9 Å². The van der Waals surface area contributed by atoms with Crippen LogP contribution in [0.15, 0.2) is 5.16 Å². The van der Waals surface area contributed by atoms with Crippen LogP contribution in [0.3, 0.4) is 0 Å². The molecule has 1 aliphatic heterocycles. The van der Waals surface area contributed by atoms with E-state index < -0.39 is 0 Å². The van der Waals surface area contributed by atoms with Gasteiger partial charge in [-0.25, -0.2) is 0 Å². The molecule has 2 heterocycles. The van der Waals surface area contributed by atoms with Crippen molar-refractivity contribution in [3.63, 3.8) is 0 Å². The van der Waals surface area contributed by atoms with E-state index >= 15 is 0 Å². The Balaban J connectivity index is 2.47. The number of hydrogen-bond acceptors (Lipinski definition) is 6. The van der Waals surface area contributed by atoms with Crippen LogP contribution in [0.2, 0.25) is 0 Å². The maximum absolute atomic E-state index is 8.95. The summed E-state index contributed by atoms with van der Waals surface area (Å²) in [6, 6.07) is 0.238. The fraction of sp³-hybridized carbons (Fsp3) is 0.583. The lowest BCUT2D eigenvalue weighted by Crippen LogP contribution is -2.35. The van der Waals surface area contributed by atoms with Crippen LogP contribution in [0.25, 0.3) is 0 Å². The Labute approximate surface area is 112 Å². The van der Waals surface area contributed by atoms with Crippen LogP contribution in [0, 0.1) is 13.8 Å². The van der Waals surface area contributed by atoms with E-state index in [2.05, 4.69) is 15.4 Å². The Morgan fingerprint density at radius 2 is 2.21 bits per heavy atom. The van der Waals surface area contributed by atoms with Gasteiger partial charge in [-0.15, -0.1) is 5.10 Å². The summed E-state index contributed by atoms with van der Waals surface area (Å²) in [4.78, 5) is 1.99. The molecule has 7 nitrogen and oxygen atoms in total. The van der Waals surface area contributed by atoms with Gasteiger partial charge in [-0.1, -0.05) is 5.16 Å². The minimum atomic E-state index is 0.0521. The van der Waals surface area contributed by atoms with E-state index in [-0.39, 0.29) is 11.9 Å². The van der Waals surface area contributed by atoms with Crippen molar-refractivity contribution in [1.29, 1.82) is 0 Å². The highest BCUT2D eigenvalue weighted by atomic mass is 16.5. The summed E-state index contributed by atoms with van der Waals surface area (Å²) < 4.78 is 5.38. The Bertz CT molecular complexity index is 497. The predicted octanol–water partition coefficient (Wildman–Crippen LogP) is 0.413. The number of aryl methyl sites for hydroxylation is 1. The second-order valence-electron chi connectivity index (χ2n) is 4.72. The van der Waals surface area contributed by atoms with Gasteiger partial charge in [0.2, 0.25) is 0 Å². The van der Waals surface area contributed by atoms with Crippen LogP contribution >= 0.6 is 0 Å². The molecule has 1 fully saturated rings. The first kappa shape index (κ1) is 13.5. The van der Waals surface area contributed by atoms with Crippen LogP contribution in [-0.4, -0.2) is 47.5 Å². The number of aromatic nitrogens is 2. The molecule has 104 valence electrons. The SMILES string of the molecule is Cc1nnc(N(C)C2CCOC2)c(C(N)=NO)c1C. The zero-order chi connectivity index (χ0) is 14.0. The lowest BCUT2D eigenvalue weighted by Gasteiger charge is -2.26. The highest BCUT2D eigenvalue weighted by Crippen LogP contribution is 2.24. The van der Waals surface area contributed by atoms with Crippen LogP contribution in [-0.2, 0) is 4.74 Å². The third-order valence-electron chi connectivity index (χ3n) is 3.59. The lowest BCUT2D eigenvalue weighted by atomic mass is 10.1. The Hall–Kier alpha value is -1.89. The molecule has 0 bridgehead atoms. The Morgan fingerprint density at radius 3 is 2.79 bits per heavy atom. The molecular weight excluding hydrogens is 246 g/mol. The molecule has 1 aliphatic rings. The molecule has 19 heavy (non-hydrogen) atoms. The maximum Gasteiger partial charge on any atom is 0.174 e. The maximum atomic E-state index is 8.95. The van der Waals surface area contributed by atoms with E-state index in [4.69, 9.17) is 15.7 Å². The van der Waals surface area contributed by atoms with Crippen molar-refractivity contribution in [1.82, 2.24) is 10.2 Å². The standard InChI is InChI=1S/C12H19N5O2/c1-7-8(2)14-15-12(10(7)11(13)16-18)17(3)9-4-5-19-6-9/h9,18H,4-6H2,1-3H3,(H2,13,16). The predicted molar refractivity (Wildman–Crippen MR) is 71.6 cm³/mol. The monoisotopic (exact) mass is 265 g/mol. The molecular formula is C12H19N5O2. The van der Waals surface area contributed by atoms with Crippen molar-refractivity contribution in [2.45, 2.75) is 26.3 Å². The van der Waals surface area contributed by atoms with Gasteiger partial charge in [-0.3, -0.25) is 0 Å². The largest absolute Gasteiger partial charge is 0.409 e. The number of rotatable bonds is 3. The molecule has 1 saturated heterocycles. The molecule has 0 aromatic carbocycles. The molecule has 2 rings (SSSR count). The molecule has 1 aromatic heterocycles. The van der Waals surface area contributed by atoms with Gasteiger partial charge < -0.3 is 20.6 Å². The lowest BCUT2D eigenvalue weighted by molar-refractivity contribution is 0.193. The molecule has 0 aliphatic carbocycles. The minimum Gasteiger partial charge on any atom is -0.409 e. The van der Waals surface area contributed by atoms with Crippen molar-refractivity contribution in [3.05, 3.63) is 16.8 Å². The molecule has 0 spiro atoms. The van der Waals surface area contributed by atoms with Crippen LogP contribution in [0.4, 0.5) is 5.82 Å². The molecule has 1 atom stereocenters. The van der Waals surface area contributed by atoms with Crippen molar-refractivity contribution < 1.29 is 9.94 Å². The number of nitrogens with zero attached hydrogens (tertiary/aromatic N) is 4. The van der Waals surface area contributed by atoms with Gasteiger partial charge in [-0.05, 0) is 25.8 Å². The van der Waals surface area contributed by atoms with E-state index in [0.29, 0.717) is 18.0 Å². The van der Waals surface area contributed by atoms with Gasteiger partial charge in [0.25, 0.3) is 0 Å². The second-order valence-corrected chi connectivity index (χ2v) is 4.72. The van der Waals surface area contributed by atoms with Crippen molar-refractivity contribution in [2.24, 2.45) is 10.9 Å². The van der Waals surface area contributed by atoms with E-state index in [1.807, 2.05) is 25.8 Å². The van der Waals surface area contributed by atoms with Crippen LogP contribution < -0.4 is 10.6 Å². The molecule has 1 aromatic rings. The van der Waals surface area contributed by atoms with Crippen molar-refractivity contribution in [2.75, 3.05) is 25.2 Å². The average Bonchev–Trinajstić information content (AvgIpc) is 2.94. The van der Waals surface area contributed by atoms with Gasteiger partial charge in [0.1, 0.15) is 0 Å². The first-order valence-electron chi connectivity index (χ1n) is 6.18. The third-order valence-corrected chi connectivity index (χ3v) is 3.59. The summed E-state index contributed by atoms with van der Waals surface area (Å²) in [5.74, 6) is 0.671. The second kappa shape index (κ2) is 5.40. The van der Waals surface area contributed by atoms with Crippen LogP contribution in [0.5, 0.6) is 0 Å². The summed E-state index contributed by atoms with van der Waals surface area (Å²) in [6.07, 6.45) is 0.931. The smallest absolute Gasteiger partial charge is 0.174 e. The fourth-order valence-electron chi connectivity index (χ4n) is 2.20. The van der Waals surface area contributed by atoms with E-state index in [1.54, 1.807) is 0 Å². The molecule has 0 radical (unpaired) electrons. The Kier molecular flexibility index (Phi) is 3.84. The molecule has 0 saturated carbocycles. The summed E-state index contributed by atoms with van der Waals surface area (Å²) in [6.45, 7) is 5.13. The summed E-state index contributed by atoms with van der Waals surface area (Å²) in [5.41, 5.74) is 8.04. The summed E-state index contributed by atoms with van der Waals surface area (Å²) in [7, 11) is 1.92. The van der Waals surface area contributed by atoms with Crippen molar-refractivity contribution >= 4 is 11.7 Å². The average molecular weight is 265 g/mol. The number of ether oxygens (including phenoxy) is 1. The number of anilines is 1. The van der Waals surface area contributed by atoms with Gasteiger partial charge in [-0.2, -0.15) is 5.10 Å². The van der Waals surface area contributed by atoms with Gasteiger partial charge in [0.15, 0.2) is 11.7 Å². The Morgan fingerprint density at radius 1 is 1.47 bits per heavy atom. The number of hydrogen-bond donors (Lipinski definition) is 2. The third kappa shape index (κ3) is 2.46. The van der Waals surface area contributed by atoms with Crippen molar-refractivity contribution in [3.8, 4) is 0 Å². The number of oxime groups is 1. The van der Waals surface area contributed by atoms with E-state index in [0.717, 1.165) is 24.3 Å². The molecule has 0 amide bonds. The molecule has 1 unspecified atom stereocenters. The normalized spacial score (nSPS) is 19.7. The van der Waals surface area contributed by atoms with Gasteiger partial charge in [0, 0.05) is 13.7 Å². The summed E-state index contributed by atoms with van der Waals surface area (Å²) in [5, 5.41) is 20.4. The first-order valence-corrected chi connectivity index (χ1v) is 6.18. The molecule has 7 heteroatoms. The minimum absolute atomic E-state index is 0.0521. The first-order chi connectivity index (χ1) is 9.06. The fourth-order valence-corrected chi connectivity index (χ4v) is 2.20. The highest BCUT2D eigenvalue weighted by molar-refractivity contribution is 6.02. The van der Waals surface area contributed by atoms with Crippen LogP contribution in [0.1, 0.15) is 23.2 Å². The van der Waals surface area contributed by atoms with Gasteiger partial charge >= 0.3 is 0 Å². The zero-order valence-electron chi connectivity index (χ0n) is 11.4. The van der Waals surface area contributed by atoms with E-state index in [1.165, 1.54) is 0 Å². The topological polar surface area (TPSA) is 96.9 Å². The highest BCUT2D eigenvalue weighted by Gasteiger charge is 2.26. The molecule has 3 N–H and O–H groups in total. The number of likely N-dealkylation sites (N-methyl/N-ethyl adjacent to an activating group) is 1. The summed E-state index contributed by atoms with van der Waals surface area (Å²) >= 11 is 0. The number of nitrogens with two attached hydrogens (primary N) is 1. The zero-order valence-corrected chi connectivity index (χ0v) is 11.4. The quantitative estimate of drug-likeness (QED) is 0.356.